The van der Waals surface area contributed by atoms with Crippen LogP contribution in [0.4, 0.5) is 0 Å². The molecule has 3 heterocycles. The quantitative estimate of drug-likeness (QED) is 0.913. The van der Waals surface area contributed by atoms with Gasteiger partial charge in [0.05, 0.1) is 0 Å². The minimum atomic E-state index is 0.0699. The van der Waals surface area contributed by atoms with Gasteiger partial charge in [0.1, 0.15) is 10.7 Å². The van der Waals surface area contributed by atoms with Crippen LogP contribution in [-0.4, -0.2) is 52.9 Å². The predicted molar refractivity (Wildman–Crippen MR) is 79.7 cm³/mol. The summed E-state index contributed by atoms with van der Waals surface area (Å²) < 4.78 is 0. The second-order valence-electron chi connectivity index (χ2n) is 5.62. The van der Waals surface area contributed by atoms with E-state index in [1.807, 2.05) is 10.3 Å². The Labute approximate surface area is 123 Å². The summed E-state index contributed by atoms with van der Waals surface area (Å²) in [5.41, 5.74) is 6.12. The molecule has 1 unspecified atom stereocenters. The van der Waals surface area contributed by atoms with Gasteiger partial charge in [0.25, 0.3) is 5.91 Å². The zero-order valence-electron chi connectivity index (χ0n) is 11.8. The van der Waals surface area contributed by atoms with Crippen LogP contribution in [0.5, 0.6) is 0 Å². The topological polar surface area (TPSA) is 62.5 Å². The van der Waals surface area contributed by atoms with Gasteiger partial charge in [-0.25, -0.2) is 4.98 Å². The van der Waals surface area contributed by atoms with E-state index in [0.717, 1.165) is 24.5 Å². The van der Waals surface area contributed by atoms with Crippen molar-refractivity contribution in [3.63, 3.8) is 0 Å². The first kappa shape index (κ1) is 14.0. The molecule has 1 atom stereocenters. The summed E-state index contributed by atoms with van der Waals surface area (Å²) in [4.78, 5) is 21.2. The lowest BCUT2D eigenvalue weighted by molar-refractivity contribution is 0.0766. The average Bonchev–Trinajstić information content (AvgIpc) is 3.17. The standard InChI is InChI=1S/C14H22N4OS/c15-8-13-16-12(10-20-13)14(19)18-7-4-11(9-18)17-5-2-1-3-6-17/h10-11H,1-9,15H2. The number of nitrogens with zero attached hydrogens (tertiary/aromatic N) is 3. The molecule has 1 amide bonds. The van der Waals surface area contributed by atoms with E-state index in [4.69, 9.17) is 5.73 Å². The van der Waals surface area contributed by atoms with Crippen molar-refractivity contribution in [3.8, 4) is 0 Å². The minimum absolute atomic E-state index is 0.0699. The lowest BCUT2D eigenvalue weighted by Crippen LogP contribution is -2.41. The van der Waals surface area contributed by atoms with Crippen LogP contribution in [0.3, 0.4) is 0 Å². The van der Waals surface area contributed by atoms with E-state index in [2.05, 4.69) is 9.88 Å². The van der Waals surface area contributed by atoms with E-state index in [1.54, 1.807) is 0 Å². The van der Waals surface area contributed by atoms with Crippen LogP contribution >= 0.6 is 11.3 Å². The molecule has 1 aromatic heterocycles. The predicted octanol–water partition coefficient (Wildman–Crippen LogP) is 1.30. The Kier molecular flexibility index (Phi) is 4.33. The van der Waals surface area contributed by atoms with Crippen molar-refractivity contribution in [2.24, 2.45) is 5.73 Å². The van der Waals surface area contributed by atoms with Gasteiger partial charge in [-0.05, 0) is 32.4 Å². The molecule has 2 saturated heterocycles. The zero-order valence-corrected chi connectivity index (χ0v) is 12.6. The second-order valence-corrected chi connectivity index (χ2v) is 6.56. The number of thiazole rings is 1. The van der Waals surface area contributed by atoms with Crippen LogP contribution in [0.2, 0.25) is 0 Å². The molecule has 6 heteroatoms. The van der Waals surface area contributed by atoms with E-state index in [1.165, 1.54) is 43.7 Å². The molecule has 1 aromatic rings. The molecule has 0 aromatic carbocycles. The number of likely N-dealkylation sites (tertiary alicyclic amines) is 2. The third kappa shape index (κ3) is 2.87. The highest BCUT2D eigenvalue weighted by atomic mass is 32.1. The number of aromatic nitrogens is 1. The van der Waals surface area contributed by atoms with Crippen molar-refractivity contribution < 1.29 is 4.79 Å². The third-order valence-corrected chi connectivity index (χ3v) is 5.17. The van der Waals surface area contributed by atoms with Crippen LogP contribution in [0.1, 0.15) is 41.2 Å². The molecule has 0 radical (unpaired) electrons. The van der Waals surface area contributed by atoms with E-state index in [9.17, 15) is 4.79 Å². The summed E-state index contributed by atoms with van der Waals surface area (Å²) in [7, 11) is 0. The van der Waals surface area contributed by atoms with Crippen molar-refractivity contribution in [1.82, 2.24) is 14.8 Å². The van der Waals surface area contributed by atoms with Crippen LogP contribution < -0.4 is 5.73 Å². The van der Waals surface area contributed by atoms with Gasteiger partial charge in [0.15, 0.2) is 0 Å². The fourth-order valence-electron chi connectivity index (χ4n) is 3.17. The molecule has 5 nitrogen and oxygen atoms in total. The van der Waals surface area contributed by atoms with Crippen LogP contribution in [0, 0.1) is 0 Å². The molecule has 20 heavy (non-hydrogen) atoms. The van der Waals surface area contributed by atoms with Gasteiger partial charge in [-0.1, -0.05) is 6.42 Å². The Morgan fingerprint density at radius 2 is 2.15 bits per heavy atom. The minimum Gasteiger partial charge on any atom is -0.336 e. The number of rotatable bonds is 3. The Hall–Kier alpha value is -0.980. The maximum Gasteiger partial charge on any atom is 0.273 e. The number of hydrogen-bond donors (Lipinski definition) is 1. The number of carbonyl (C=O) groups is 1. The van der Waals surface area contributed by atoms with Crippen LogP contribution in [0.25, 0.3) is 0 Å². The summed E-state index contributed by atoms with van der Waals surface area (Å²) in [5, 5.41) is 2.67. The van der Waals surface area contributed by atoms with Gasteiger partial charge >= 0.3 is 0 Å². The molecule has 0 spiro atoms. The van der Waals surface area contributed by atoms with Crippen molar-refractivity contribution in [2.75, 3.05) is 26.2 Å². The summed E-state index contributed by atoms with van der Waals surface area (Å²) in [5.74, 6) is 0.0699. The Bertz CT molecular complexity index is 469. The number of hydrogen-bond acceptors (Lipinski definition) is 5. The highest BCUT2D eigenvalue weighted by Gasteiger charge is 2.32. The van der Waals surface area contributed by atoms with Crippen molar-refractivity contribution >= 4 is 17.2 Å². The normalized spacial score (nSPS) is 24.2. The monoisotopic (exact) mass is 294 g/mol. The molecular formula is C14H22N4OS. The second kappa shape index (κ2) is 6.20. The fourth-order valence-corrected chi connectivity index (χ4v) is 3.82. The number of piperidine rings is 1. The maximum absolute atomic E-state index is 12.4. The summed E-state index contributed by atoms with van der Waals surface area (Å²) >= 11 is 1.47. The van der Waals surface area contributed by atoms with Crippen LogP contribution in [-0.2, 0) is 6.54 Å². The summed E-state index contributed by atoms with van der Waals surface area (Å²) in [6.07, 6.45) is 5.05. The van der Waals surface area contributed by atoms with E-state index >= 15 is 0 Å². The average molecular weight is 294 g/mol. The first-order valence-electron chi connectivity index (χ1n) is 7.45. The van der Waals surface area contributed by atoms with Crippen molar-refractivity contribution in [2.45, 2.75) is 38.3 Å². The van der Waals surface area contributed by atoms with Crippen molar-refractivity contribution in [3.05, 3.63) is 16.1 Å². The van der Waals surface area contributed by atoms with Gasteiger partial charge in [-0.3, -0.25) is 9.69 Å². The molecule has 0 saturated carbocycles. The van der Waals surface area contributed by atoms with Gasteiger partial charge in [-0.2, -0.15) is 0 Å². The lowest BCUT2D eigenvalue weighted by Gasteiger charge is -2.32. The molecule has 3 rings (SSSR count). The molecule has 2 aliphatic rings. The van der Waals surface area contributed by atoms with Crippen molar-refractivity contribution in [1.29, 1.82) is 0 Å². The Balaban J connectivity index is 1.60. The highest BCUT2D eigenvalue weighted by molar-refractivity contribution is 7.09. The zero-order chi connectivity index (χ0) is 13.9. The number of amides is 1. The third-order valence-electron chi connectivity index (χ3n) is 4.30. The molecule has 2 fully saturated rings. The van der Waals surface area contributed by atoms with Gasteiger partial charge in [-0.15, -0.1) is 11.3 Å². The number of nitrogens with two attached hydrogens (primary N) is 1. The molecular weight excluding hydrogens is 272 g/mol. The molecule has 0 bridgehead atoms. The Morgan fingerprint density at radius 3 is 2.85 bits per heavy atom. The first-order valence-corrected chi connectivity index (χ1v) is 8.33. The van der Waals surface area contributed by atoms with Crippen LogP contribution in [0.15, 0.2) is 5.38 Å². The fraction of sp³-hybridized carbons (Fsp3) is 0.714. The largest absolute Gasteiger partial charge is 0.336 e. The van der Waals surface area contributed by atoms with E-state index in [0.29, 0.717) is 18.3 Å². The smallest absolute Gasteiger partial charge is 0.273 e. The summed E-state index contributed by atoms with van der Waals surface area (Å²) in [6, 6.07) is 0.548. The molecule has 2 aliphatic heterocycles. The molecule has 110 valence electrons. The Morgan fingerprint density at radius 1 is 1.35 bits per heavy atom. The van der Waals surface area contributed by atoms with E-state index in [-0.39, 0.29) is 5.91 Å². The van der Waals surface area contributed by atoms with Gasteiger partial charge in [0, 0.05) is 31.1 Å². The maximum atomic E-state index is 12.4. The first-order chi connectivity index (χ1) is 9.78. The lowest BCUT2D eigenvalue weighted by atomic mass is 10.1. The van der Waals surface area contributed by atoms with E-state index < -0.39 is 0 Å². The molecule has 2 N–H and O–H groups in total. The molecule has 0 aliphatic carbocycles. The summed E-state index contributed by atoms with van der Waals surface area (Å²) in [6.45, 7) is 4.51. The van der Waals surface area contributed by atoms with Gasteiger partial charge in [0.2, 0.25) is 0 Å². The van der Waals surface area contributed by atoms with Gasteiger partial charge < -0.3 is 10.6 Å². The number of carbonyl (C=O) groups excluding carboxylic acids is 1. The highest BCUT2D eigenvalue weighted by Crippen LogP contribution is 2.22. The SMILES string of the molecule is NCc1nc(C(=O)N2CCC(N3CCCCC3)C2)cs1.